The van der Waals surface area contributed by atoms with Gasteiger partial charge in [0.2, 0.25) is 0 Å². The number of benzene rings is 4. The predicted molar refractivity (Wildman–Crippen MR) is 133 cm³/mol. The second-order valence-electron chi connectivity index (χ2n) is 7.66. The number of rotatable bonds is 6. The number of anilines is 1. The second-order valence-corrected chi connectivity index (χ2v) is 8.07. The predicted octanol–water partition coefficient (Wildman–Crippen LogP) is 7.07. The first-order chi connectivity index (χ1) is 16.5. The monoisotopic (exact) mass is 470 g/mol. The van der Waals surface area contributed by atoms with Crippen molar-refractivity contribution in [3.05, 3.63) is 112 Å². The molecule has 1 amide bonds. The fourth-order valence-corrected chi connectivity index (χ4v) is 3.82. The molecule has 0 heterocycles. The van der Waals surface area contributed by atoms with Crippen LogP contribution in [0.4, 0.5) is 10.1 Å². The van der Waals surface area contributed by atoms with E-state index in [9.17, 15) is 14.4 Å². The number of ether oxygens (including phenoxy) is 1. The van der Waals surface area contributed by atoms with Crippen molar-refractivity contribution in [2.45, 2.75) is 13.5 Å². The summed E-state index contributed by atoms with van der Waals surface area (Å²) in [5.41, 5.74) is 2.56. The van der Waals surface area contributed by atoms with E-state index in [1.165, 1.54) is 24.3 Å². The van der Waals surface area contributed by atoms with E-state index in [1.54, 1.807) is 24.3 Å². The van der Waals surface area contributed by atoms with Crippen LogP contribution in [0.1, 0.15) is 16.7 Å². The highest BCUT2D eigenvalue weighted by atomic mass is 35.5. The van der Waals surface area contributed by atoms with Gasteiger partial charge in [0.1, 0.15) is 29.8 Å². The summed E-state index contributed by atoms with van der Waals surface area (Å²) in [5.74, 6) is -0.810. The van der Waals surface area contributed by atoms with Crippen LogP contribution in [0.5, 0.6) is 5.75 Å². The quantitative estimate of drug-likeness (QED) is 0.242. The Kier molecular flexibility index (Phi) is 6.91. The number of carbonyl (C=O) groups is 1. The van der Waals surface area contributed by atoms with Gasteiger partial charge in [-0.05, 0) is 59.2 Å². The maximum Gasteiger partial charge on any atom is 0.266 e. The minimum absolute atomic E-state index is 0.000778. The van der Waals surface area contributed by atoms with Gasteiger partial charge in [0.05, 0.1) is 10.7 Å². The Morgan fingerprint density at radius 2 is 1.85 bits per heavy atom. The fourth-order valence-electron chi connectivity index (χ4n) is 3.58. The molecule has 0 radical (unpaired) electrons. The van der Waals surface area contributed by atoms with Crippen LogP contribution >= 0.6 is 11.6 Å². The molecule has 4 aromatic carbocycles. The zero-order valence-electron chi connectivity index (χ0n) is 18.3. The van der Waals surface area contributed by atoms with Crippen molar-refractivity contribution in [2.75, 3.05) is 5.32 Å². The molecule has 34 heavy (non-hydrogen) atoms. The molecule has 4 aromatic rings. The number of fused-ring (bicyclic) bond motifs is 1. The van der Waals surface area contributed by atoms with E-state index in [0.29, 0.717) is 22.9 Å². The van der Waals surface area contributed by atoms with E-state index in [4.69, 9.17) is 16.3 Å². The number of carbonyl (C=O) groups excluding carboxylic acids is 1. The molecule has 0 saturated heterocycles. The van der Waals surface area contributed by atoms with Crippen molar-refractivity contribution in [3.63, 3.8) is 0 Å². The Morgan fingerprint density at radius 3 is 2.62 bits per heavy atom. The van der Waals surface area contributed by atoms with Crippen LogP contribution < -0.4 is 10.1 Å². The van der Waals surface area contributed by atoms with Gasteiger partial charge in [-0.2, -0.15) is 5.26 Å². The summed E-state index contributed by atoms with van der Waals surface area (Å²) in [4.78, 5) is 12.4. The molecule has 0 aliphatic heterocycles. The summed E-state index contributed by atoms with van der Waals surface area (Å²) in [5, 5.41) is 14.4. The SMILES string of the molecule is Cc1ccc2ccccc2c1COc1ccc(/C=C(\C#N)C(=O)Nc2ccccc2F)cc1Cl. The molecule has 0 unspecified atom stereocenters. The van der Waals surface area contributed by atoms with E-state index >= 15 is 0 Å². The number of hydrogen-bond acceptors (Lipinski definition) is 3. The van der Waals surface area contributed by atoms with Crippen LogP contribution in [0.2, 0.25) is 5.02 Å². The van der Waals surface area contributed by atoms with Crippen LogP contribution in [-0.2, 0) is 11.4 Å². The lowest BCUT2D eigenvalue weighted by molar-refractivity contribution is -0.112. The van der Waals surface area contributed by atoms with Crippen LogP contribution in [-0.4, -0.2) is 5.91 Å². The van der Waals surface area contributed by atoms with Crippen molar-refractivity contribution in [3.8, 4) is 11.8 Å². The number of para-hydroxylation sites is 1. The molecule has 4 nitrogen and oxygen atoms in total. The number of hydrogen-bond donors (Lipinski definition) is 1. The van der Waals surface area contributed by atoms with Crippen LogP contribution in [0.3, 0.4) is 0 Å². The van der Waals surface area contributed by atoms with Gasteiger partial charge in [-0.15, -0.1) is 0 Å². The highest BCUT2D eigenvalue weighted by molar-refractivity contribution is 6.32. The Hall–Kier alpha value is -4.14. The highest BCUT2D eigenvalue weighted by Gasteiger charge is 2.13. The number of aryl methyl sites for hydroxylation is 1. The molecule has 0 atom stereocenters. The molecule has 168 valence electrons. The first kappa shape index (κ1) is 23.0. The third-order valence-electron chi connectivity index (χ3n) is 5.40. The van der Waals surface area contributed by atoms with Crippen LogP contribution in [0.25, 0.3) is 16.8 Å². The van der Waals surface area contributed by atoms with Gasteiger partial charge >= 0.3 is 0 Å². The number of nitriles is 1. The first-order valence-electron chi connectivity index (χ1n) is 10.5. The molecule has 4 rings (SSSR count). The molecule has 0 aliphatic carbocycles. The maximum absolute atomic E-state index is 13.8. The average Bonchev–Trinajstić information content (AvgIpc) is 2.84. The van der Waals surface area contributed by atoms with Crippen molar-refractivity contribution >= 4 is 40.0 Å². The van der Waals surface area contributed by atoms with E-state index in [2.05, 4.69) is 29.6 Å². The number of halogens is 2. The summed E-state index contributed by atoms with van der Waals surface area (Å²) in [6.45, 7) is 2.38. The topological polar surface area (TPSA) is 62.1 Å². The largest absolute Gasteiger partial charge is 0.487 e. The molecular formula is C28H20ClFN2O2. The molecule has 6 heteroatoms. The lowest BCUT2D eigenvalue weighted by atomic mass is 10.0. The molecular weight excluding hydrogens is 451 g/mol. The van der Waals surface area contributed by atoms with E-state index in [-0.39, 0.29) is 11.3 Å². The Bertz CT molecular complexity index is 1460. The summed E-state index contributed by atoms with van der Waals surface area (Å²) in [6, 6.07) is 24.9. The lowest BCUT2D eigenvalue weighted by Gasteiger charge is -2.13. The van der Waals surface area contributed by atoms with E-state index in [1.807, 2.05) is 25.1 Å². The Morgan fingerprint density at radius 1 is 1.09 bits per heavy atom. The zero-order chi connectivity index (χ0) is 24.1. The highest BCUT2D eigenvalue weighted by Crippen LogP contribution is 2.29. The molecule has 0 bridgehead atoms. The summed E-state index contributed by atoms with van der Waals surface area (Å²) in [6.07, 6.45) is 1.39. The van der Waals surface area contributed by atoms with Crippen molar-refractivity contribution in [1.82, 2.24) is 0 Å². The summed E-state index contributed by atoms with van der Waals surface area (Å²) >= 11 is 6.42. The minimum Gasteiger partial charge on any atom is -0.487 e. The molecule has 0 aliphatic rings. The van der Waals surface area contributed by atoms with Gasteiger partial charge in [0, 0.05) is 5.56 Å². The molecule has 0 spiro atoms. The van der Waals surface area contributed by atoms with Gasteiger partial charge < -0.3 is 10.1 Å². The van der Waals surface area contributed by atoms with Crippen molar-refractivity contribution < 1.29 is 13.9 Å². The van der Waals surface area contributed by atoms with E-state index < -0.39 is 11.7 Å². The van der Waals surface area contributed by atoms with Crippen LogP contribution in [0, 0.1) is 24.1 Å². The molecule has 1 N–H and O–H groups in total. The number of amides is 1. The molecule has 0 fully saturated rings. The maximum atomic E-state index is 13.8. The summed E-state index contributed by atoms with van der Waals surface area (Å²) in [7, 11) is 0. The Balaban J connectivity index is 1.51. The average molecular weight is 471 g/mol. The number of nitrogens with zero attached hydrogens (tertiary/aromatic N) is 1. The third-order valence-corrected chi connectivity index (χ3v) is 5.70. The fraction of sp³-hybridized carbons (Fsp3) is 0.0714. The molecule has 0 saturated carbocycles. The smallest absolute Gasteiger partial charge is 0.266 e. The van der Waals surface area contributed by atoms with Crippen LogP contribution in [0.15, 0.2) is 84.4 Å². The van der Waals surface area contributed by atoms with E-state index in [0.717, 1.165) is 21.9 Å². The van der Waals surface area contributed by atoms with Gasteiger partial charge in [0.25, 0.3) is 5.91 Å². The van der Waals surface area contributed by atoms with Gasteiger partial charge in [0.15, 0.2) is 0 Å². The normalized spacial score (nSPS) is 11.2. The van der Waals surface area contributed by atoms with Gasteiger partial charge in [-0.25, -0.2) is 4.39 Å². The van der Waals surface area contributed by atoms with Gasteiger partial charge in [-0.3, -0.25) is 4.79 Å². The molecule has 0 aromatic heterocycles. The lowest BCUT2D eigenvalue weighted by Crippen LogP contribution is -2.14. The zero-order valence-corrected chi connectivity index (χ0v) is 19.1. The second kappa shape index (κ2) is 10.2. The standard InChI is InChI=1S/C28H20ClFN2O2/c1-18-10-12-20-6-2-3-7-22(20)23(18)17-34-27-13-11-19(15-24(27)29)14-21(16-31)28(33)32-26-9-5-4-8-25(26)30/h2-15H,17H2,1H3,(H,32,33)/b21-14+. The van der Waals surface area contributed by atoms with Crippen molar-refractivity contribution in [2.24, 2.45) is 0 Å². The van der Waals surface area contributed by atoms with Crippen molar-refractivity contribution in [1.29, 1.82) is 5.26 Å². The number of nitrogens with one attached hydrogen (secondary N) is 1. The first-order valence-corrected chi connectivity index (χ1v) is 10.9. The summed E-state index contributed by atoms with van der Waals surface area (Å²) < 4.78 is 19.8. The minimum atomic E-state index is -0.713. The Labute approximate surface area is 201 Å². The third kappa shape index (κ3) is 5.09. The van der Waals surface area contributed by atoms with Gasteiger partial charge in [-0.1, -0.05) is 66.2 Å².